The zero-order valence-corrected chi connectivity index (χ0v) is 16.6. The van der Waals surface area contributed by atoms with E-state index in [1.165, 1.54) is 18.3 Å². The Balaban J connectivity index is 1.73. The van der Waals surface area contributed by atoms with Gasteiger partial charge in [-0.15, -0.1) is 0 Å². The predicted molar refractivity (Wildman–Crippen MR) is 104 cm³/mol. The highest BCUT2D eigenvalue weighted by Gasteiger charge is 2.37. The highest BCUT2D eigenvalue weighted by Crippen LogP contribution is 2.34. The van der Waals surface area contributed by atoms with Crippen LogP contribution in [0.5, 0.6) is 0 Å². The summed E-state index contributed by atoms with van der Waals surface area (Å²) in [5, 5.41) is 0.541. The van der Waals surface area contributed by atoms with Crippen LogP contribution in [0.2, 0.25) is 10.0 Å². The summed E-state index contributed by atoms with van der Waals surface area (Å²) in [4.78, 5) is 22.8. The van der Waals surface area contributed by atoms with Crippen LogP contribution >= 0.6 is 23.2 Å². The van der Waals surface area contributed by atoms with Gasteiger partial charge in [-0.1, -0.05) is 35.3 Å². The lowest BCUT2D eigenvalue weighted by atomic mass is 9.99. The molecule has 2 heterocycles. The fraction of sp³-hybridized carbons (Fsp3) is 0.200. The lowest BCUT2D eigenvalue weighted by Gasteiger charge is -2.13. The average Bonchev–Trinajstić information content (AvgIpc) is 2.71. The monoisotopic (exact) mass is 457 g/mol. The molecule has 1 atom stereocenters. The Morgan fingerprint density at radius 2 is 1.77 bits per heavy atom. The zero-order chi connectivity index (χ0) is 21.9. The fourth-order valence-corrected chi connectivity index (χ4v) is 3.28. The van der Waals surface area contributed by atoms with Gasteiger partial charge >= 0.3 is 6.18 Å². The molecule has 30 heavy (non-hydrogen) atoms. The second-order valence-electron chi connectivity index (χ2n) is 6.31. The van der Waals surface area contributed by atoms with Gasteiger partial charge in [0.1, 0.15) is 11.9 Å². The molecule has 3 rings (SSSR count). The van der Waals surface area contributed by atoms with E-state index in [0.717, 1.165) is 12.4 Å². The van der Waals surface area contributed by atoms with Crippen molar-refractivity contribution in [3.8, 4) is 11.1 Å². The van der Waals surface area contributed by atoms with Crippen LogP contribution in [-0.2, 0) is 6.18 Å². The molecular weight excluding hydrogens is 445 g/mol. The first-order chi connectivity index (χ1) is 14.2. The zero-order valence-electron chi connectivity index (χ0n) is 15.1. The Hall–Kier alpha value is -2.58. The van der Waals surface area contributed by atoms with Gasteiger partial charge in [-0.25, -0.2) is 14.4 Å². The lowest BCUT2D eigenvalue weighted by molar-refractivity contribution is -0.141. The third-order valence-electron chi connectivity index (χ3n) is 4.23. The van der Waals surface area contributed by atoms with E-state index >= 15 is 0 Å². The van der Waals surface area contributed by atoms with Gasteiger partial charge in [-0.05, 0) is 24.1 Å². The first kappa shape index (κ1) is 22.1. The molecule has 0 spiro atoms. The molecule has 1 aromatic carbocycles. The number of rotatable bonds is 6. The quantitative estimate of drug-likeness (QED) is 0.311. The summed E-state index contributed by atoms with van der Waals surface area (Å²) in [6, 6.07) is 6.28. The molecule has 0 aliphatic rings. The molecule has 0 fully saturated rings. The summed E-state index contributed by atoms with van der Waals surface area (Å²) in [6.45, 7) is 0. The van der Waals surface area contributed by atoms with E-state index in [9.17, 15) is 22.4 Å². The van der Waals surface area contributed by atoms with E-state index in [1.54, 1.807) is 18.3 Å². The second kappa shape index (κ2) is 9.06. The molecule has 4 nitrogen and oxygen atoms in total. The van der Waals surface area contributed by atoms with Crippen molar-refractivity contribution in [2.45, 2.75) is 25.2 Å². The van der Waals surface area contributed by atoms with Crippen LogP contribution in [0, 0.1) is 0 Å². The lowest BCUT2D eigenvalue weighted by Crippen LogP contribution is -2.17. The Morgan fingerprint density at radius 1 is 1.03 bits per heavy atom. The number of benzene rings is 1. The van der Waals surface area contributed by atoms with Crippen molar-refractivity contribution in [3.05, 3.63) is 76.0 Å². The van der Waals surface area contributed by atoms with E-state index in [0.29, 0.717) is 16.1 Å². The maximum Gasteiger partial charge on any atom is 0.435 e. The van der Waals surface area contributed by atoms with Gasteiger partial charge in [0.15, 0.2) is 11.5 Å². The van der Waals surface area contributed by atoms with Crippen LogP contribution in [0.15, 0.2) is 49.1 Å². The van der Waals surface area contributed by atoms with Crippen molar-refractivity contribution in [1.29, 1.82) is 0 Å². The number of hydrogen-bond acceptors (Lipinski definition) is 4. The largest absolute Gasteiger partial charge is 0.435 e. The highest BCUT2D eigenvalue weighted by atomic mass is 35.5. The molecule has 0 saturated carbocycles. The number of alkyl halides is 4. The third-order valence-corrected chi connectivity index (χ3v) is 4.77. The molecule has 0 N–H and O–H groups in total. The summed E-state index contributed by atoms with van der Waals surface area (Å²) in [7, 11) is 0. The minimum atomic E-state index is -4.83. The van der Waals surface area contributed by atoms with Crippen LogP contribution < -0.4 is 0 Å². The third kappa shape index (κ3) is 5.12. The molecule has 2 aromatic heterocycles. The molecule has 0 radical (unpaired) electrons. The molecular formula is C20H13Cl2F4N3O. The van der Waals surface area contributed by atoms with Gasteiger partial charge in [-0.2, -0.15) is 13.2 Å². The first-order valence-corrected chi connectivity index (χ1v) is 9.38. The van der Waals surface area contributed by atoms with Crippen molar-refractivity contribution < 1.29 is 22.4 Å². The minimum absolute atomic E-state index is 0.114. The van der Waals surface area contributed by atoms with Gasteiger partial charge < -0.3 is 0 Å². The number of carbonyl (C=O) groups is 1. The Morgan fingerprint density at radius 3 is 2.43 bits per heavy atom. The van der Waals surface area contributed by atoms with E-state index < -0.39 is 35.9 Å². The maximum atomic E-state index is 14.7. The van der Waals surface area contributed by atoms with E-state index in [2.05, 4.69) is 15.0 Å². The number of hydrogen-bond donors (Lipinski definition) is 0. The van der Waals surface area contributed by atoms with Gasteiger partial charge in [0.05, 0.1) is 5.02 Å². The minimum Gasteiger partial charge on any atom is -0.292 e. The standard InChI is InChI=1S/C20H13Cl2F4N3O/c21-13-7-12(9-27-10-13)11-1-2-14(15(22)8-11)16(23)3-4-17(30)18-19(20(24,25)26)29-6-5-28-18/h1-2,5-10,16H,3-4H2. The molecule has 0 bridgehead atoms. The van der Waals surface area contributed by atoms with Crippen LogP contribution in [0.25, 0.3) is 11.1 Å². The molecule has 156 valence electrons. The summed E-state index contributed by atoms with van der Waals surface area (Å²) in [5.41, 5.74) is -0.742. The van der Waals surface area contributed by atoms with Gasteiger partial charge in [-0.3, -0.25) is 9.78 Å². The number of nitrogens with zero attached hydrogens (tertiary/aromatic N) is 3. The molecule has 0 aliphatic carbocycles. The van der Waals surface area contributed by atoms with Crippen molar-refractivity contribution in [2.24, 2.45) is 0 Å². The van der Waals surface area contributed by atoms with Crippen molar-refractivity contribution in [3.63, 3.8) is 0 Å². The SMILES string of the molecule is O=C(CCC(F)c1ccc(-c2cncc(Cl)c2)cc1Cl)c1nccnc1C(F)(F)F. The van der Waals surface area contributed by atoms with Gasteiger partial charge in [0.25, 0.3) is 0 Å². The summed E-state index contributed by atoms with van der Waals surface area (Å²) in [5.74, 6) is -0.948. The number of Topliss-reactive ketones (excluding diaryl/α,β-unsaturated/α-hetero) is 1. The van der Waals surface area contributed by atoms with Crippen LogP contribution in [-0.4, -0.2) is 20.7 Å². The second-order valence-corrected chi connectivity index (χ2v) is 7.15. The number of ketones is 1. The van der Waals surface area contributed by atoms with Crippen molar-refractivity contribution >= 4 is 29.0 Å². The van der Waals surface area contributed by atoms with Crippen molar-refractivity contribution in [2.75, 3.05) is 0 Å². The average molecular weight is 458 g/mol. The molecule has 3 aromatic rings. The van der Waals surface area contributed by atoms with E-state index in [-0.39, 0.29) is 17.0 Å². The van der Waals surface area contributed by atoms with Gasteiger partial charge in [0.2, 0.25) is 0 Å². The molecule has 0 amide bonds. The predicted octanol–water partition coefficient (Wildman–Crippen LogP) is 6.54. The summed E-state index contributed by atoms with van der Waals surface area (Å²) in [6.07, 6.45) is -2.46. The Kier molecular flexibility index (Phi) is 6.67. The van der Waals surface area contributed by atoms with Crippen molar-refractivity contribution in [1.82, 2.24) is 15.0 Å². The van der Waals surface area contributed by atoms with Gasteiger partial charge in [0, 0.05) is 47.4 Å². The Bertz CT molecular complexity index is 1080. The van der Waals surface area contributed by atoms with Crippen LogP contribution in [0.1, 0.15) is 40.8 Å². The molecule has 0 aliphatic heterocycles. The number of halogens is 6. The smallest absolute Gasteiger partial charge is 0.292 e. The molecule has 10 heteroatoms. The Labute approximate surface area is 178 Å². The number of aromatic nitrogens is 3. The highest BCUT2D eigenvalue weighted by molar-refractivity contribution is 6.32. The summed E-state index contributed by atoms with van der Waals surface area (Å²) < 4.78 is 53.6. The first-order valence-electron chi connectivity index (χ1n) is 8.62. The number of pyridine rings is 1. The topological polar surface area (TPSA) is 55.7 Å². The van der Waals surface area contributed by atoms with Crippen LogP contribution in [0.3, 0.4) is 0 Å². The number of carbonyl (C=O) groups excluding carboxylic acids is 1. The van der Waals surface area contributed by atoms with Crippen LogP contribution in [0.4, 0.5) is 17.6 Å². The van der Waals surface area contributed by atoms with E-state index in [1.807, 2.05) is 0 Å². The molecule has 0 saturated heterocycles. The normalized spacial score (nSPS) is 12.6. The fourth-order valence-electron chi connectivity index (χ4n) is 2.81. The molecule has 1 unspecified atom stereocenters. The summed E-state index contributed by atoms with van der Waals surface area (Å²) >= 11 is 12.1. The van der Waals surface area contributed by atoms with E-state index in [4.69, 9.17) is 23.2 Å². The maximum absolute atomic E-state index is 14.7.